The average molecular weight is 293 g/mol. The number of nitrogens with one attached hydrogen (secondary N) is 1. The summed E-state index contributed by atoms with van der Waals surface area (Å²) in [5.74, 6) is 0.701. The Balaban J connectivity index is 1.71. The van der Waals surface area contributed by atoms with E-state index in [0.29, 0.717) is 12.0 Å². The van der Waals surface area contributed by atoms with Gasteiger partial charge in [0, 0.05) is 35.9 Å². The zero-order chi connectivity index (χ0) is 14.1. The van der Waals surface area contributed by atoms with Gasteiger partial charge in [-0.15, -0.1) is 0 Å². The minimum atomic E-state index is 0.668. The second-order valence-electron chi connectivity index (χ2n) is 6.58. The SMILES string of the molecule is CC(C)C1CCCN1c1ccc(CNC2CC2)c(Cl)c1. The molecule has 1 N–H and O–H groups in total. The first-order valence-electron chi connectivity index (χ1n) is 7.93. The van der Waals surface area contributed by atoms with Crippen LogP contribution in [0.1, 0.15) is 45.1 Å². The maximum absolute atomic E-state index is 6.47. The summed E-state index contributed by atoms with van der Waals surface area (Å²) in [5.41, 5.74) is 2.52. The first kappa shape index (κ1) is 14.2. The number of hydrogen-bond donors (Lipinski definition) is 1. The number of anilines is 1. The van der Waals surface area contributed by atoms with Gasteiger partial charge in [-0.2, -0.15) is 0 Å². The summed E-state index contributed by atoms with van der Waals surface area (Å²) in [6.45, 7) is 6.70. The highest BCUT2D eigenvalue weighted by molar-refractivity contribution is 6.31. The molecule has 0 spiro atoms. The van der Waals surface area contributed by atoms with Crippen molar-refractivity contribution in [2.24, 2.45) is 5.92 Å². The zero-order valence-electron chi connectivity index (χ0n) is 12.5. The molecule has 2 fully saturated rings. The highest BCUT2D eigenvalue weighted by atomic mass is 35.5. The number of rotatable bonds is 5. The summed E-state index contributed by atoms with van der Waals surface area (Å²) < 4.78 is 0. The van der Waals surface area contributed by atoms with Gasteiger partial charge in [-0.25, -0.2) is 0 Å². The van der Waals surface area contributed by atoms with Crippen molar-refractivity contribution in [3.63, 3.8) is 0 Å². The Kier molecular flexibility index (Phi) is 4.23. The van der Waals surface area contributed by atoms with Gasteiger partial charge in [0.05, 0.1) is 0 Å². The normalized spacial score (nSPS) is 22.8. The fourth-order valence-corrected chi connectivity index (χ4v) is 3.45. The average Bonchev–Trinajstić information content (AvgIpc) is 3.11. The Bertz CT molecular complexity index is 468. The molecule has 1 heterocycles. The predicted molar refractivity (Wildman–Crippen MR) is 86.5 cm³/mol. The summed E-state index contributed by atoms with van der Waals surface area (Å²) in [7, 11) is 0. The minimum absolute atomic E-state index is 0.668. The second kappa shape index (κ2) is 5.95. The van der Waals surface area contributed by atoms with E-state index in [1.165, 1.54) is 43.5 Å². The van der Waals surface area contributed by atoms with Crippen LogP contribution in [0.2, 0.25) is 5.02 Å². The Labute approximate surface area is 127 Å². The molecule has 2 nitrogen and oxygen atoms in total. The molecule has 20 heavy (non-hydrogen) atoms. The van der Waals surface area contributed by atoms with E-state index in [1.807, 2.05) is 0 Å². The lowest BCUT2D eigenvalue weighted by Gasteiger charge is -2.30. The fourth-order valence-electron chi connectivity index (χ4n) is 3.21. The van der Waals surface area contributed by atoms with Gasteiger partial charge < -0.3 is 10.2 Å². The van der Waals surface area contributed by atoms with Crippen LogP contribution in [0.4, 0.5) is 5.69 Å². The molecule has 1 atom stereocenters. The van der Waals surface area contributed by atoms with Gasteiger partial charge in [0.25, 0.3) is 0 Å². The maximum atomic E-state index is 6.47. The van der Waals surface area contributed by atoms with Crippen LogP contribution in [0.25, 0.3) is 0 Å². The molecule has 1 saturated heterocycles. The molecule has 1 aromatic carbocycles. The molecule has 0 aromatic heterocycles. The van der Waals surface area contributed by atoms with Crippen molar-refractivity contribution < 1.29 is 0 Å². The highest BCUT2D eigenvalue weighted by Crippen LogP contribution is 2.32. The third kappa shape index (κ3) is 3.12. The Morgan fingerprint density at radius 2 is 2.10 bits per heavy atom. The van der Waals surface area contributed by atoms with Gasteiger partial charge in [0.1, 0.15) is 0 Å². The quantitative estimate of drug-likeness (QED) is 0.874. The van der Waals surface area contributed by atoms with Crippen molar-refractivity contribution in [1.29, 1.82) is 0 Å². The van der Waals surface area contributed by atoms with Crippen molar-refractivity contribution in [2.45, 2.75) is 58.2 Å². The van der Waals surface area contributed by atoms with Crippen molar-refractivity contribution in [3.8, 4) is 0 Å². The van der Waals surface area contributed by atoms with Gasteiger partial charge >= 0.3 is 0 Å². The third-order valence-electron chi connectivity index (χ3n) is 4.60. The molecule has 110 valence electrons. The van der Waals surface area contributed by atoms with E-state index in [2.05, 4.69) is 42.3 Å². The summed E-state index contributed by atoms with van der Waals surface area (Å²) in [5, 5.41) is 4.44. The van der Waals surface area contributed by atoms with E-state index in [1.54, 1.807) is 0 Å². The van der Waals surface area contributed by atoms with Gasteiger partial charge in [-0.05, 0) is 49.3 Å². The van der Waals surface area contributed by atoms with Crippen LogP contribution in [-0.2, 0) is 6.54 Å². The largest absolute Gasteiger partial charge is 0.368 e. The zero-order valence-corrected chi connectivity index (χ0v) is 13.3. The van der Waals surface area contributed by atoms with Crippen LogP contribution < -0.4 is 10.2 Å². The van der Waals surface area contributed by atoms with Gasteiger partial charge in [0.2, 0.25) is 0 Å². The van der Waals surface area contributed by atoms with Crippen LogP contribution in [0.5, 0.6) is 0 Å². The first-order chi connectivity index (χ1) is 9.65. The first-order valence-corrected chi connectivity index (χ1v) is 8.31. The summed E-state index contributed by atoms with van der Waals surface area (Å²) in [6.07, 6.45) is 5.24. The van der Waals surface area contributed by atoms with Crippen LogP contribution in [0.15, 0.2) is 18.2 Å². The second-order valence-corrected chi connectivity index (χ2v) is 6.99. The standard InChI is InChI=1S/C17H25ClN2/c1-12(2)17-4-3-9-20(17)15-8-5-13(16(18)10-15)11-19-14-6-7-14/h5,8,10,12,14,17,19H,3-4,6-7,9,11H2,1-2H3. The smallest absolute Gasteiger partial charge is 0.0471 e. The van der Waals surface area contributed by atoms with E-state index in [9.17, 15) is 0 Å². The number of nitrogens with zero attached hydrogens (tertiary/aromatic N) is 1. The Hall–Kier alpha value is -0.730. The lowest BCUT2D eigenvalue weighted by molar-refractivity contribution is 0.492. The molecule has 3 rings (SSSR count). The van der Waals surface area contributed by atoms with Crippen molar-refractivity contribution in [3.05, 3.63) is 28.8 Å². The molecule has 0 radical (unpaired) electrons. The number of hydrogen-bond acceptors (Lipinski definition) is 2. The third-order valence-corrected chi connectivity index (χ3v) is 4.95. The van der Waals surface area contributed by atoms with Gasteiger partial charge in [-0.3, -0.25) is 0 Å². The van der Waals surface area contributed by atoms with Crippen LogP contribution >= 0.6 is 11.6 Å². The predicted octanol–water partition coefficient (Wildman–Crippen LogP) is 4.22. The Morgan fingerprint density at radius 3 is 2.75 bits per heavy atom. The summed E-state index contributed by atoms with van der Waals surface area (Å²) >= 11 is 6.47. The lowest BCUT2D eigenvalue weighted by atomic mass is 10.0. The number of benzene rings is 1. The molecule has 1 aromatic rings. The molecular formula is C17H25ClN2. The van der Waals surface area contributed by atoms with E-state index >= 15 is 0 Å². The van der Waals surface area contributed by atoms with Crippen LogP contribution in [0, 0.1) is 5.92 Å². The molecule has 3 heteroatoms. The molecule has 0 amide bonds. The number of halogens is 1. The van der Waals surface area contributed by atoms with E-state index in [-0.39, 0.29) is 0 Å². The van der Waals surface area contributed by atoms with E-state index < -0.39 is 0 Å². The molecule has 2 aliphatic rings. The minimum Gasteiger partial charge on any atom is -0.368 e. The molecular weight excluding hydrogens is 268 g/mol. The van der Waals surface area contributed by atoms with Crippen molar-refractivity contribution in [2.75, 3.05) is 11.4 Å². The van der Waals surface area contributed by atoms with Crippen LogP contribution in [-0.4, -0.2) is 18.6 Å². The molecule has 1 aliphatic heterocycles. The monoisotopic (exact) mass is 292 g/mol. The molecule has 1 saturated carbocycles. The topological polar surface area (TPSA) is 15.3 Å². The Morgan fingerprint density at radius 1 is 1.30 bits per heavy atom. The van der Waals surface area contributed by atoms with Crippen molar-refractivity contribution in [1.82, 2.24) is 5.32 Å². The highest BCUT2D eigenvalue weighted by Gasteiger charge is 2.27. The van der Waals surface area contributed by atoms with E-state index in [0.717, 1.165) is 17.6 Å². The summed E-state index contributed by atoms with van der Waals surface area (Å²) in [6, 6.07) is 8.00. The summed E-state index contributed by atoms with van der Waals surface area (Å²) in [4.78, 5) is 2.54. The fraction of sp³-hybridized carbons (Fsp3) is 0.647. The van der Waals surface area contributed by atoms with Gasteiger partial charge in [-0.1, -0.05) is 31.5 Å². The van der Waals surface area contributed by atoms with Crippen LogP contribution in [0.3, 0.4) is 0 Å². The van der Waals surface area contributed by atoms with Crippen molar-refractivity contribution >= 4 is 17.3 Å². The molecule has 0 bridgehead atoms. The maximum Gasteiger partial charge on any atom is 0.0471 e. The van der Waals surface area contributed by atoms with Gasteiger partial charge in [0.15, 0.2) is 0 Å². The molecule has 1 aliphatic carbocycles. The lowest BCUT2D eigenvalue weighted by Crippen LogP contribution is -2.33. The molecule has 1 unspecified atom stereocenters. The van der Waals surface area contributed by atoms with E-state index in [4.69, 9.17) is 11.6 Å².